The van der Waals surface area contributed by atoms with E-state index in [-0.39, 0.29) is 0 Å². The van der Waals surface area contributed by atoms with Crippen LogP contribution in [0, 0.1) is 0 Å². The van der Waals surface area contributed by atoms with E-state index in [1.165, 1.54) is 32.1 Å². The molecule has 0 atom stereocenters. The maximum atomic E-state index is 5.06. The van der Waals surface area contributed by atoms with Crippen LogP contribution in [0.3, 0.4) is 0 Å². The van der Waals surface area contributed by atoms with Gasteiger partial charge >= 0.3 is 0 Å². The first-order valence-electron chi connectivity index (χ1n) is 11.5. The molecule has 0 radical (unpaired) electrons. The second-order valence-corrected chi connectivity index (χ2v) is 8.49. The lowest BCUT2D eigenvalue weighted by atomic mass is 9.95. The number of aromatic nitrogens is 3. The molecule has 2 aliphatic rings. The Bertz CT molecular complexity index is 994. The molecule has 0 aromatic carbocycles. The van der Waals surface area contributed by atoms with E-state index in [0.717, 1.165) is 60.2 Å². The SMILES string of the molecule is c1cncc(-c2cc(-c3ccnc(NC4CCCCC4)c3)nc(N3CCNCC3)c2)c1. The standard InChI is InChI=1S/C25H30N6/c1-2-6-22(7-3-1)29-24-16-19(8-10-28-24)23-15-21(20-5-4-9-27-18-20)17-25(30-23)31-13-11-26-12-14-31/h4-5,8-10,15-18,22,26H,1-3,6-7,11-14H2,(H,28,29). The van der Waals surface area contributed by atoms with E-state index >= 15 is 0 Å². The minimum atomic E-state index is 0.530. The van der Waals surface area contributed by atoms with Gasteiger partial charge in [-0.1, -0.05) is 25.3 Å². The molecule has 6 nitrogen and oxygen atoms in total. The molecule has 4 heterocycles. The van der Waals surface area contributed by atoms with Crippen LogP contribution in [-0.2, 0) is 0 Å². The van der Waals surface area contributed by atoms with E-state index in [9.17, 15) is 0 Å². The second kappa shape index (κ2) is 9.43. The Balaban J connectivity index is 1.49. The average Bonchev–Trinajstić information content (AvgIpc) is 2.86. The summed E-state index contributed by atoms with van der Waals surface area (Å²) in [5.74, 6) is 1.97. The number of nitrogens with one attached hydrogen (secondary N) is 2. The van der Waals surface area contributed by atoms with Gasteiger partial charge in [-0.25, -0.2) is 9.97 Å². The van der Waals surface area contributed by atoms with Crippen molar-refractivity contribution >= 4 is 11.6 Å². The van der Waals surface area contributed by atoms with E-state index in [1.54, 1.807) is 0 Å². The molecular weight excluding hydrogens is 384 g/mol. The van der Waals surface area contributed by atoms with Crippen LogP contribution in [0.1, 0.15) is 32.1 Å². The molecule has 1 saturated heterocycles. The molecule has 31 heavy (non-hydrogen) atoms. The van der Waals surface area contributed by atoms with Crippen LogP contribution in [0.15, 0.2) is 55.0 Å². The minimum absolute atomic E-state index is 0.530. The fraction of sp³-hybridized carbons (Fsp3) is 0.400. The van der Waals surface area contributed by atoms with E-state index in [1.807, 2.05) is 24.7 Å². The van der Waals surface area contributed by atoms with Gasteiger partial charge < -0.3 is 15.5 Å². The zero-order valence-corrected chi connectivity index (χ0v) is 17.9. The first-order chi connectivity index (χ1) is 15.3. The van der Waals surface area contributed by atoms with Crippen molar-refractivity contribution in [1.29, 1.82) is 0 Å². The number of anilines is 2. The van der Waals surface area contributed by atoms with Gasteiger partial charge in [-0.05, 0) is 48.7 Å². The molecular formula is C25H30N6. The van der Waals surface area contributed by atoms with E-state index in [0.29, 0.717) is 6.04 Å². The quantitative estimate of drug-likeness (QED) is 0.647. The van der Waals surface area contributed by atoms with Gasteiger partial charge in [-0.3, -0.25) is 4.98 Å². The highest BCUT2D eigenvalue weighted by Gasteiger charge is 2.17. The molecule has 0 spiro atoms. The number of pyridine rings is 3. The summed E-state index contributed by atoms with van der Waals surface area (Å²) in [5, 5.41) is 7.08. The van der Waals surface area contributed by atoms with Gasteiger partial charge in [0.05, 0.1) is 5.69 Å². The van der Waals surface area contributed by atoms with Gasteiger partial charge in [-0.2, -0.15) is 0 Å². The number of piperazine rings is 1. The van der Waals surface area contributed by atoms with Crippen LogP contribution in [0.2, 0.25) is 0 Å². The minimum Gasteiger partial charge on any atom is -0.367 e. The number of rotatable bonds is 5. The molecule has 0 amide bonds. The summed E-state index contributed by atoms with van der Waals surface area (Å²) < 4.78 is 0. The highest BCUT2D eigenvalue weighted by atomic mass is 15.2. The molecule has 1 aliphatic carbocycles. The smallest absolute Gasteiger partial charge is 0.129 e. The Hall–Kier alpha value is -2.99. The van der Waals surface area contributed by atoms with Crippen molar-refractivity contribution < 1.29 is 0 Å². The maximum Gasteiger partial charge on any atom is 0.129 e. The molecule has 0 unspecified atom stereocenters. The monoisotopic (exact) mass is 414 g/mol. The van der Waals surface area contributed by atoms with Gasteiger partial charge in [-0.15, -0.1) is 0 Å². The third kappa shape index (κ3) is 4.85. The summed E-state index contributed by atoms with van der Waals surface area (Å²) in [7, 11) is 0. The Kier molecular flexibility index (Phi) is 6.07. The summed E-state index contributed by atoms with van der Waals surface area (Å²) in [6, 6.07) is 13.2. The number of hydrogen-bond acceptors (Lipinski definition) is 6. The molecule has 160 valence electrons. The third-order valence-electron chi connectivity index (χ3n) is 6.26. The van der Waals surface area contributed by atoms with Crippen molar-refractivity contribution in [1.82, 2.24) is 20.3 Å². The molecule has 6 heteroatoms. The molecule has 1 aliphatic heterocycles. The van der Waals surface area contributed by atoms with Crippen LogP contribution in [0.4, 0.5) is 11.6 Å². The van der Waals surface area contributed by atoms with Crippen molar-refractivity contribution in [3.8, 4) is 22.4 Å². The summed E-state index contributed by atoms with van der Waals surface area (Å²) in [6.45, 7) is 3.90. The summed E-state index contributed by atoms with van der Waals surface area (Å²) in [4.78, 5) is 16.3. The highest BCUT2D eigenvalue weighted by Crippen LogP contribution is 2.30. The van der Waals surface area contributed by atoms with Gasteiger partial charge in [0.1, 0.15) is 11.6 Å². The molecule has 1 saturated carbocycles. The number of nitrogens with zero attached hydrogens (tertiary/aromatic N) is 4. The van der Waals surface area contributed by atoms with Crippen molar-refractivity contribution in [3.63, 3.8) is 0 Å². The Labute approximate surface area is 184 Å². The molecule has 2 N–H and O–H groups in total. The largest absolute Gasteiger partial charge is 0.367 e. The zero-order chi connectivity index (χ0) is 20.9. The van der Waals surface area contributed by atoms with E-state index < -0.39 is 0 Å². The van der Waals surface area contributed by atoms with Crippen molar-refractivity contribution in [2.75, 3.05) is 36.4 Å². The first kappa shape index (κ1) is 19.9. The average molecular weight is 415 g/mol. The van der Waals surface area contributed by atoms with Crippen molar-refractivity contribution in [2.45, 2.75) is 38.1 Å². The molecule has 5 rings (SSSR count). The van der Waals surface area contributed by atoms with Crippen LogP contribution < -0.4 is 15.5 Å². The Morgan fingerprint density at radius 1 is 0.903 bits per heavy atom. The summed E-state index contributed by atoms with van der Waals surface area (Å²) >= 11 is 0. The van der Waals surface area contributed by atoms with Gasteiger partial charge in [0.2, 0.25) is 0 Å². The predicted molar refractivity (Wildman–Crippen MR) is 126 cm³/mol. The maximum absolute atomic E-state index is 5.06. The van der Waals surface area contributed by atoms with Gasteiger partial charge in [0, 0.05) is 61.9 Å². The fourth-order valence-electron chi connectivity index (χ4n) is 4.54. The molecule has 3 aromatic heterocycles. The van der Waals surface area contributed by atoms with E-state index in [2.05, 4.69) is 55.8 Å². The van der Waals surface area contributed by atoms with E-state index in [4.69, 9.17) is 4.98 Å². The summed E-state index contributed by atoms with van der Waals surface area (Å²) in [5.41, 5.74) is 4.32. The molecule has 3 aromatic rings. The lowest BCUT2D eigenvalue weighted by Crippen LogP contribution is -2.43. The second-order valence-electron chi connectivity index (χ2n) is 8.49. The predicted octanol–water partition coefficient (Wildman–Crippen LogP) is 4.36. The van der Waals surface area contributed by atoms with Crippen LogP contribution in [0.25, 0.3) is 22.4 Å². The lowest BCUT2D eigenvalue weighted by molar-refractivity contribution is 0.462. The molecule has 0 bridgehead atoms. The lowest BCUT2D eigenvalue weighted by Gasteiger charge is -2.29. The van der Waals surface area contributed by atoms with Crippen molar-refractivity contribution in [2.24, 2.45) is 0 Å². The first-order valence-corrected chi connectivity index (χ1v) is 11.5. The Morgan fingerprint density at radius 2 is 1.77 bits per heavy atom. The van der Waals surface area contributed by atoms with Crippen LogP contribution in [0.5, 0.6) is 0 Å². The molecule has 2 fully saturated rings. The fourth-order valence-corrected chi connectivity index (χ4v) is 4.54. The van der Waals surface area contributed by atoms with Gasteiger partial charge in [0.15, 0.2) is 0 Å². The third-order valence-corrected chi connectivity index (χ3v) is 6.26. The topological polar surface area (TPSA) is 66.0 Å². The van der Waals surface area contributed by atoms with Crippen LogP contribution in [-0.4, -0.2) is 47.2 Å². The van der Waals surface area contributed by atoms with Gasteiger partial charge in [0.25, 0.3) is 0 Å². The van der Waals surface area contributed by atoms with Crippen molar-refractivity contribution in [3.05, 3.63) is 55.0 Å². The summed E-state index contributed by atoms with van der Waals surface area (Å²) in [6.07, 6.45) is 12.1. The van der Waals surface area contributed by atoms with Crippen LogP contribution >= 0.6 is 0 Å². The number of hydrogen-bond donors (Lipinski definition) is 2. The normalized spacial score (nSPS) is 17.5. The highest BCUT2D eigenvalue weighted by molar-refractivity contribution is 5.74. The zero-order valence-electron chi connectivity index (χ0n) is 17.9. The Morgan fingerprint density at radius 3 is 2.58 bits per heavy atom.